The van der Waals surface area contributed by atoms with Gasteiger partial charge in [-0.25, -0.2) is 0 Å². The third-order valence-electron chi connectivity index (χ3n) is 12.4. The Morgan fingerprint density at radius 2 is 1.10 bits per heavy atom. The quantitative estimate of drug-likeness (QED) is 0.569. The second-order valence-corrected chi connectivity index (χ2v) is 12.9. The molecule has 2 bridgehead atoms. The van der Waals surface area contributed by atoms with Gasteiger partial charge in [0.1, 0.15) is 0 Å². The van der Waals surface area contributed by atoms with Crippen LogP contribution in [0, 0.1) is 71.0 Å². The van der Waals surface area contributed by atoms with Gasteiger partial charge in [-0.1, -0.05) is 26.7 Å². The van der Waals surface area contributed by atoms with Gasteiger partial charge in [-0.05, 0) is 116 Å². The maximum Gasteiger partial charge on any atom is 0.0875 e. The van der Waals surface area contributed by atoms with E-state index in [-0.39, 0.29) is 0 Å². The first-order chi connectivity index (χ1) is 14.3. The number of fused-ring (bicyclic) bond motifs is 13. The highest BCUT2D eigenvalue weighted by Crippen LogP contribution is 2.73. The van der Waals surface area contributed by atoms with Gasteiger partial charge in [-0.15, -0.1) is 0 Å². The molecule has 0 N–H and O–H groups in total. The van der Waals surface area contributed by atoms with Crippen LogP contribution in [-0.2, 0) is 9.47 Å². The highest BCUT2D eigenvalue weighted by molar-refractivity contribution is 5.19. The van der Waals surface area contributed by atoms with Crippen LogP contribution in [0.3, 0.4) is 0 Å². The molecule has 2 saturated heterocycles. The molecule has 0 aromatic rings. The molecule has 2 aliphatic heterocycles. The topological polar surface area (TPSA) is 25.1 Å². The minimum absolute atomic E-state index is 0.679. The van der Waals surface area contributed by atoms with Crippen LogP contribution in [0.15, 0.2) is 0 Å². The van der Waals surface area contributed by atoms with Crippen LogP contribution >= 0.6 is 0 Å². The van der Waals surface area contributed by atoms with Gasteiger partial charge >= 0.3 is 0 Å². The molecule has 160 valence electrons. The van der Waals surface area contributed by atoms with E-state index >= 15 is 0 Å². The van der Waals surface area contributed by atoms with Crippen LogP contribution in [0.1, 0.15) is 71.6 Å². The van der Waals surface area contributed by atoms with Gasteiger partial charge in [-0.3, -0.25) is 0 Å². The first-order valence-corrected chi connectivity index (χ1v) is 13.6. The van der Waals surface area contributed by atoms with Gasteiger partial charge < -0.3 is 9.47 Å². The Labute approximate surface area is 176 Å². The molecule has 2 heteroatoms. The van der Waals surface area contributed by atoms with Crippen molar-refractivity contribution in [2.24, 2.45) is 71.0 Å². The second kappa shape index (κ2) is 5.83. The smallest absolute Gasteiger partial charge is 0.0875 e. The lowest BCUT2D eigenvalue weighted by Gasteiger charge is -2.39. The zero-order valence-corrected chi connectivity index (χ0v) is 18.4. The molecule has 8 aliphatic rings. The average Bonchev–Trinajstić information content (AvgIpc) is 3.27. The molecule has 2 nitrogen and oxygen atoms in total. The summed E-state index contributed by atoms with van der Waals surface area (Å²) in [5.41, 5.74) is 0. The van der Waals surface area contributed by atoms with Gasteiger partial charge in [0, 0.05) is 0 Å². The molecule has 0 spiro atoms. The van der Waals surface area contributed by atoms with Crippen molar-refractivity contribution in [1.82, 2.24) is 0 Å². The summed E-state index contributed by atoms with van der Waals surface area (Å²) >= 11 is 0. The molecular weight excluding hydrogens is 356 g/mol. The fourth-order valence-corrected chi connectivity index (χ4v) is 11.6. The molecule has 29 heavy (non-hydrogen) atoms. The standard InChI is InChI=1S/C27H40O2/c1-3-12-8-15(6-5-14-7-13(4-2)24-16(14)10-20-26(24)28-20)23-19-9-17(22(12)23)18-11-21-27(29-21)25(18)19/h12-27H,3-11H2,1-2H3. The summed E-state index contributed by atoms with van der Waals surface area (Å²) in [5.74, 6) is 12.5. The molecule has 0 radical (unpaired) electrons. The third-order valence-corrected chi connectivity index (χ3v) is 12.4. The maximum atomic E-state index is 6.07. The largest absolute Gasteiger partial charge is 0.369 e. The summed E-state index contributed by atoms with van der Waals surface area (Å²) in [6, 6.07) is 0. The molecule has 16 atom stereocenters. The maximum absolute atomic E-state index is 6.07. The van der Waals surface area contributed by atoms with E-state index in [1.807, 2.05) is 0 Å². The van der Waals surface area contributed by atoms with E-state index in [2.05, 4.69) is 13.8 Å². The van der Waals surface area contributed by atoms with E-state index in [9.17, 15) is 0 Å². The number of hydrogen-bond donors (Lipinski definition) is 0. The lowest BCUT2D eigenvalue weighted by Crippen LogP contribution is -2.36. The van der Waals surface area contributed by atoms with Crippen LogP contribution in [0.25, 0.3) is 0 Å². The van der Waals surface area contributed by atoms with Crippen LogP contribution < -0.4 is 0 Å². The van der Waals surface area contributed by atoms with Crippen molar-refractivity contribution in [2.45, 2.75) is 96.1 Å². The van der Waals surface area contributed by atoms with Gasteiger partial charge in [-0.2, -0.15) is 0 Å². The van der Waals surface area contributed by atoms with E-state index in [0.29, 0.717) is 24.4 Å². The first-order valence-electron chi connectivity index (χ1n) is 13.6. The molecule has 6 saturated carbocycles. The summed E-state index contributed by atoms with van der Waals surface area (Å²) < 4.78 is 12.1. The predicted molar refractivity (Wildman–Crippen MR) is 112 cm³/mol. The van der Waals surface area contributed by atoms with Gasteiger partial charge in [0.25, 0.3) is 0 Å². The number of ether oxygens (including phenoxy) is 2. The minimum Gasteiger partial charge on any atom is -0.369 e. The lowest BCUT2D eigenvalue weighted by molar-refractivity contribution is 0.0507. The fourth-order valence-electron chi connectivity index (χ4n) is 11.6. The highest BCUT2D eigenvalue weighted by Gasteiger charge is 2.71. The number of hydrogen-bond acceptors (Lipinski definition) is 2. The Bertz CT molecular complexity index is 705. The van der Waals surface area contributed by atoms with E-state index in [1.54, 1.807) is 25.7 Å². The van der Waals surface area contributed by atoms with E-state index in [4.69, 9.17) is 9.47 Å². The molecule has 6 aliphatic carbocycles. The Hall–Kier alpha value is -0.0800. The Morgan fingerprint density at radius 3 is 1.90 bits per heavy atom. The molecule has 8 fully saturated rings. The summed E-state index contributed by atoms with van der Waals surface area (Å²) in [6.45, 7) is 4.94. The highest BCUT2D eigenvalue weighted by atomic mass is 16.6. The molecule has 0 aromatic heterocycles. The van der Waals surface area contributed by atoms with Crippen molar-refractivity contribution in [3.8, 4) is 0 Å². The predicted octanol–water partition coefficient (Wildman–Crippen LogP) is 5.55. The molecular formula is C27H40O2. The number of epoxide rings is 2. The van der Waals surface area contributed by atoms with Crippen molar-refractivity contribution in [1.29, 1.82) is 0 Å². The monoisotopic (exact) mass is 396 g/mol. The zero-order valence-electron chi connectivity index (χ0n) is 18.4. The number of rotatable bonds is 5. The summed E-state index contributed by atoms with van der Waals surface area (Å²) in [7, 11) is 0. The SMILES string of the molecule is CCC1CC(CCC2CC(CC)C3C4CC(C5C4CC4OC45)C23)C2CC3OC3C12. The molecule has 2 heterocycles. The van der Waals surface area contributed by atoms with Crippen molar-refractivity contribution >= 4 is 0 Å². The van der Waals surface area contributed by atoms with E-state index < -0.39 is 0 Å². The summed E-state index contributed by atoms with van der Waals surface area (Å²) in [6.07, 6.45) is 16.3. The third kappa shape index (κ3) is 2.17. The van der Waals surface area contributed by atoms with E-state index in [1.165, 1.54) is 32.1 Å². The Morgan fingerprint density at radius 1 is 0.517 bits per heavy atom. The first kappa shape index (κ1) is 17.5. The molecule has 8 rings (SSSR count). The van der Waals surface area contributed by atoms with E-state index in [0.717, 1.165) is 71.0 Å². The fraction of sp³-hybridized carbons (Fsp3) is 1.00. The minimum atomic E-state index is 0.679. The van der Waals surface area contributed by atoms with Crippen LogP contribution in [-0.4, -0.2) is 24.4 Å². The van der Waals surface area contributed by atoms with Crippen LogP contribution in [0.4, 0.5) is 0 Å². The van der Waals surface area contributed by atoms with Gasteiger partial charge in [0.2, 0.25) is 0 Å². The molecule has 0 amide bonds. The van der Waals surface area contributed by atoms with Crippen molar-refractivity contribution < 1.29 is 9.47 Å². The van der Waals surface area contributed by atoms with Crippen LogP contribution in [0.5, 0.6) is 0 Å². The molecule has 16 unspecified atom stereocenters. The normalized spacial score (nSPS) is 67.2. The summed E-state index contributed by atoms with van der Waals surface area (Å²) in [5, 5.41) is 0. The molecule has 0 aromatic carbocycles. The Balaban J connectivity index is 1.00. The lowest BCUT2D eigenvalue weighted by atomic mass is 9.66. The van der Waals surface area contributed by atoms with Crippen LogP contribution in [0.2, 0.25) is 0 Å². The second-order valence-electron chi connectivity index (χ2n) is 12.9. The van der Waals surface area contributed by atoms with Crippen molar-refractivity contribution in [2.75, 3.05) is 0 Å². The average molecular weight is 397 g/mol. The van der Waals surface area contributed by atoms with Crippen molar-refractivity contribution in [3.05, 3.63) is 0 Å². The van der Waals surface area contributed by atoms with Gasteiger partial charge in [0.15, 0.2) is 0 Å². The van der Waals surface area contributed by atoms with Crippen molar-refractivity contribution in [3.63, 3.8) is 0 Å². The Kier molecular flexibility index (Phi) is 3.51. The zero-order chi connectivity index (χ0) is 19.0. The summed E-state index contributed by atoms with van der Waals surface area (Å²) in [4.78, 5) is 0. The van der Waals surface area contributed by atoms with Gasteiger partial charge in [0.05, 0.1) is 24.4 Å².